The van der Waals surface area contributed by atoms with Crippen molar-refractivity contribution in [3.63, 3.8) is 0 Å². The van der Waals surface area contributed by atoms with Gasteiger partial charge in [-0.2, -0.15) is 9.47 Å². The third-order valence-corrected chi connectivity index (χ3v) is 7.59. The first kappa shape index (κ1) is 23.0. The molecule has 1 aliphatic heterocycles. The van der Waals surface area contributed by atoms with Crippen LogP contribution in [0, 0.1) is 0 Å². The van der Waals surface area contributed by atoms with Gasteiger partial charge in [-0.3, -0.25) is 9.88 Å². The zero-order valence-electron chi connectivity index (χ0n) is 20.7. The highest BCUT2D eigenvalue weighted by molar-refractivity contribution is 7.13. The molecule has 0 bridgehead atoms. The lowest BCUT2D eigenvalue weighted by Crippen LogP contribution is -2.39. The molecule has 0 aliphatic carbocycles. The Morgan fingerprint density at radius 2 is 2.03 bits per heavy atom. The van der Waals surface area contributed by atoms with E-state index in [4.69, 9.17) is 19.6 Å². The van der Waals surface area contributed by atoms with Crippen LogP contribution < -0.4 is 10.1 Å². The molecule has 0 amide bonds. The van der Waals surface area contributed by atoms with Crippen LogP contribution in [0.1, 0.15) is 0 Å². The van der Waals surface area contributed by atoms with Crippen molar-refractivity contribution in [1.29, 1.82) is 0 Å². The summed E-state index contributed by atoms with van der Waals surface area (Å²) in [4.78, 5) is 11.7. The molecule has 6 aromatic rings. The van der Waals surface area contributed by atoms with Crippen LogP contribution in [0.3, 0.4) is 0 Å². The molecular formula is C26H25N9O2S. The highest BCUT2D eigenvalue weighted by Crippen LogP contribution is 2.35. The van der Waals surface area contributed by atoms with Crippen LogP contribution in [-0.2, 0) is 4.74 Å². The number of rotatable bonds is 7. The first-order valence-electron chi connectivity index (χ1n) is 12.4. The molecule has 38 heavy (non-hydrogen) atoms. The number of benzene rings is 1. The summed E-state index contributed by atoms with van der Waals surface area (Å²) in [6.45, 7) is 5.12. The van der Waals surface area contributed by atoms with Crippen LogP contribution in [0.15, 0.2) is 55.2 Å². The summed E-state index contributed by atoms with van der Waals surface area (Å²) in [5.41, 5.74) is 4.11. The SMILES string of the molecule is COc1cc2sncc2cc1-n1nc(NCCN2CCOCC2)c2cnc(-c3cnn4cccnc34)cc21. The van der Waals surface area contributed by atoms with E-state index in [1.165, 1.54) is 11.5 Å². The van der Waals surface area contributed by atoms with Gasteiger partial charge >= 0.3 is 0 Å². The highest BCUT2D eigenvalue weighted by Gasteiger charge is 2.19. The lowest BCUT2D eigenvalue weighted by Gasteiger charge is -2.26. The molecule has 0 atom stereocenters. The lowest BCUT2D eigenvalue weighted by molar-refractivity contribution is 0.0398. The molecule has 11 nitrogen and oxygen atoms in total. The molecule has 0 unspecified atom stereocenters. The first-order chi connectivity index (χ1) is 18.8. The van der Waals surface area contributed by atoms with Crippen molar-refractivity contribution in [1.82, 2.24) is 38.6 Å². The summed E-state index contributed by atoms with van der Waals surface area (Å²) in [6, 6.07) is 7.97. The van der Waals surface area contributed by atoms with E-state index >= 15 is 0 Å². The second-order valence-corrected chi connectivity index (χ2v) is 9.89. The van der Waals surface area contributed by atoms with E-state index in [0.29, 0.717) is 0 Å². The Kier molecular flexibility index (Phi) is 5.84. The molecule has 0 saturated carbocycles. The summed E-state index contributed by atoms with van der Waals surface area (Å²) in [5.74, 6) is 1.50. The van der Waals surface area contributed by atoms with Crippen LogP contribution in [0.2, 0.25) is 0 Å². The molecule has 7 rings (SSSR count). The molecule has 1 aromatic carbocycles. The van der Waals surface area contributed by atoms with Gasteiger partial charge in [0.05, 0.1) is 53.4 Å². The third kappa shape index (κ3) is 4.02. The predicted octanol–water partition coefficient (Wildman–Crippen LogP) is 3.49. The minimum Gasteiger partial charge on any atom is -0.494 e. The van der Waals surface area contributed by atoms with E-state index in [1.54, 1.807) is 24.0 Å². The standard InChI is InChI=1S/C26H25N9O2S/c1-36-23-13-24-17(14-31-38-24)11-22(23)35-21-12-20(18-16-30-34-5-2-3-28-26(18)34)29-15-19(21)25(32-35)27-4-6-33-7-9-37-10-8-33/h2-3,5,11-16H,4,6-10H2,1H3,(H,27,32). The quantitative estimate of drug-likeness (QED) is 0.334. The first-order valence-corrected chi connectivity index (χ1v) is 13.2. The van der Waals surface area contributed by atoms with Crippen molar-refractivity contribution >= 4 is 44.0 Å². The summed E-state index contributed by atoms with van der Waals surface area (Å²) < 4.78 is 20.4. The molecule has 1 aliphatic rings. The van der Waals surface area contributed by atoms with Crippen molar-refractivity contribution in [2.24, 2.45) is 0 Å². The number of nitrogens with one attached hydrogen (secondary N) is 1. The maximum Gasteiger partial charge on any atom is 0.164 e. The van der Waals surface area contributed by atoms with Gasteiger partial charge in [-0.05, 0) is 29.7 Å². The zero-order chi connectivity index (χ0) is 25.5. The molecule has 1 saturated heterocycles. The maximum atomic E-state index is 5.80. The monoisotopic (exact) mass is 527 g/mol. The van der Waals surface area contributed by atoms with Crippen molar-refractivity contribution in [2.75, 3.05) is 51.8 Å². The lowest BCUT2D eigenvalue weighted by atomic mass is 10.2. The summed E-state index contributed by atoms with van der Waals surface area (Å²) >= 11 is 1.44. The van der Waals surface area contributed by atoms with E-state index in [0.717, 1.165) is 94.5 Å². The highest BCUT2D eigenvalue weighted by atomic mass is 32.1. The van der Waals surface area contributed by atoms with Gasteiger partial charge in [-0.1, -0.05) is 0 Å². The van der Waals surface area contributed by atoms with E-state index < -0.39 is 0 Å². The molecule has 1 N–H and O–H groups in total. The largest absolute Gasteiger partial charge is 0.494 e. The summed E-state index contributed by atoms with van der Waals surface area (Å²) in [6.07, 6.45) is 9.17. The maximum absolute atomic E-state index is 5.80. The van der Waals surface area contributed by atoms with Gasteiger partial charge in [0.25, 0.3) is 0 Å². The van der Waals surface area contributed by atoms with Crippen molar-refractivity contribution < 1.29 is 9.47 Å². The van der Waals surface area contributed by atoms with Crippen LogP contribution in [-0.4, -0.2) is 85.1 Å². The number of aromatic nitrogens is 7. The van der Waals surface area contributed by atoms with Crippen molar-refractivity contribution in [3.8, 4) is 22.7 Å². The summed E-state index contributed by atoms with van der Waals surface area (Å²) in [7, 11) is 1.68. The number of morpholine rings is 1. The van der Waals surface area contributed by atoms with Gasteiger partial charge in [-0.25, -0.2) is 14.2 Å². The molecule has 0 radical (unpaired) electrons. The van der Waals surface area contributed by atoms with Gasteiger partial charge in [0.1, 0.15) is 11.4 Å². The number of methoxy groups -OCH3 is 1. The van der Waals surface area contributed by atoms with Crippen molar-refractivity contribution in [2.45, 2.75) is 0 Å². The average molecular weight is 528 g/mol. The predicted molar refractivity (Wildman–Crippen MR) is 146 cm³/mol. The van der Waals surface area contributed by atoms with Crippen LogP contribution in [0.25, 0.3) is 43.6 Å². The number of anilines is 1. The molecule has 1 fully saturated rings. The number of pyridine rings is 1. The van der Waals surface area contributed by atoms with Crippen molar-refractivity contribution in [3.05, 3.63) is 55.2 Å². The van der Waals surface area contributed by atoms with E-state index in [1.807, 2.05) is 41.5 Å². The number of hydrogen-bond donors (Lipinski definition) is 1. The van der Waals surface area contributed by atoms with Crippen LogP contribution >= 0.6 is 11.5 Å². The third-order valence-electron chi connectivity index (χ3n) is 6.83. The average Bonchev–Trinajstić information content (AvgIpc) is 3.69. The Hall–Kier alpha value is -4.13. The van der Waals surface area contributed by atoms with E-state index in [9.17, 15) is 0 Å². The second kappa shape index (κ2) is 9.63. The Morgan fingerprint density at radius 3 is 2.92 bits per heavy atom. The Morgan fingerprint density at radius 1 is 1.11 bits per heavy atom. The smallest absolute Gasteiger partial charge is 0.164 e. The second-order valence-electron chi connectivity index (χ2n) is 9.06. The van der Waals surface area contributed by atoms with E-state index in [2.05, 4.69) is 30.7 Å². The molecule has 0 spiro atoms. The minimum absolute atomic E-state index is 0.724. The minimum atomic E-state index is 0.724. The number of ether oxygens (including phenoxy) is 2. The number of fused-ring (bicyclic) bond motifs is 3. The fourth-order valence-corrected chi connectivity index (χ4v) is 5.51. The molecule has 12 heteroatoms. The fourth-order valence-electron chi connectivity index (χ4n) is 4.85. The molecular weight excluding hydrogens is 502 g/mol. The van der Waals surface area contributed by atoms with Gasteiger partial charge in [0.2, 0.25) is 0 Å². The topological polar surface area (TPSA) is 108 Å². The van der Waals surface area contributed by atoms with Gasteiger partial charge < -0.3 is 14.8 Å². The fraction of sp³-hybridized carbons (Fsp3) is 0.269. The van der Waals surface area contributed by atoms with Crippen LogP contribution in [0.5, 0.6) is 5.75 Å². The van der Waals surface area contributed by atoms with Gasteiger partial charge in [0.15, 0.2) is 11.5 Å². The Labute approximate surface area is 221 Å². The molecule has 6 heterocycles. The van der Waals surface area contributed by atoms with Gasteiger partial charge in [-0.15, -0.1) is 5.10 Å². The molecule has 192 valence electrons. The number of hydrogen-bond acceptors (Lipinski definition) is 10. The molecule has 5 aromatic heterocycles. The Bertz CT molecular complexity index is 1750. The number of nitrogens with zero attached hydrogens (tertiary/aromatic N) is 8. The Balaban J connectivity index is 1.34. The summed E-state index contributed by atoms with van der Waals surface area (Å²) in [5, 5.41) is 15.0. The van der Waals surface area contributed by atoms with Gasteiger partial charge in [0, 0.05) is 62.4 Å². The van der Waals surface area contributed by atoms with E-state index in [-0.39, 0.29) is 0 Å². The van der Waals surface area contributed by atoms with Crippen LogP contribution in [0.4, 0.5) is 5.82 Å². The normalized spacial score (nSPS) is 14.6. The zero-order valence-corrected chi connectivity index (χ0v) is 21.6.